The number of sulfone groups is 1. The van der Waals surface area contributed by atoms with Gasteiger partial charge in [0.25, 0.3) is 0 Å². The maximum Gasteiger partial charge on any atom is 0.190 e. The lowest BCUT2D eigenvalue weighted by atomic mass is 9.96. The van der Waals surface area contributed by atoms with Crippen LogP contribution in [0.2, 0.25) is 0 Å². The van der Waals surface area contributed by atoms with Crippen molar-refractivity contribution in [3.05, 3.63) is 65.3 Å². The van der Waals surface area contributed by atoms with Crippen molar-refractivity contribution in [2.24, 2.45) is 5.92 Å². The Bertz CT molecular complexity index is 1020. The lowest BCUT2D eigenvalue weighted by Gasteiger charge is -2.20. The van der Waals surface area contributed by atoms with E-state index in [2.05, 4.69) is 50.3 Å². The normalized spacial score (nSPS) is 20.9. The van der Waals surface area contributed by atoms with Gasteiger partial charge in [-0.2, -0.15) is 0 Å². The van der Waals surface area contributed by atoms with Crippen molar-refractivity contribution in [2.75, 3.05) is 0 Å². The van der Waals surface area contributed by atoms with Gasteiger partial charge in [0.05, 0.1) is 5.25 Å². The van der Waals surface area contributed by atoms with Gasteiger partial charge in [0.15, 0.2) is 9.84 Å². The Morgan fingerprint density at radius 2 is 1.86 bits per heavy atom. The van der Waals surface area contributed by atoms with Crippen LogP contribution in [0.1, 0.15) is 51.5 Å². The molecule has 1 heterocycles. The molecule has 0 aliphatic heterocycles. The van der Waals surface area contributed by atoms with Crippen molar-refractivity contribution in [2.45, 2.75) is 61.8 Å². The number of thiophene rings is 1. The summed E-state index contributed by atoms with van der Waals surface area (Å²) < 4.78 is 26.5. The predicted octanol–water partition coefficient (Wildman–Crippen LogP) is 6.59. The molecule has 1 fully saturated rings. The highest BCUT2D eigenvalue weighted by atomic mass is 32.2. The fraction of sp³-hybridized carbons (Fsp3) is 0.417. The SMILES string of the molecule is CC1=CC(C)C(Cc2cccc(-c3ccc(S(=O)(=O)C4CCCCC4)s3)c2)=C1. The van der Waals surface area contributed by atoms with E-state index in [9.17, 15) is 8.42 Å². The zero-order valence-corrected chi connectivity index (χ0v) is 18.3. The topological polar surface area (TPSA) is 34.1 Å². The number of hydrogen-bond donors (Lipinski definition) is 0. The maximum atomic E-state index is 13.0. The fourth-order valence-corrected chi connectivity index (χ4v) is 7.84. The first-order valence-corrected chi connectivity index (χ1v) is 12.6. The molecule has 1 unspecified atom stereocenters. The largest absolute Gasteiger partial charge is 0.223 e. The van der Waals surface area contributed by atoms with Gasteiger partial charge in [0, 0.05) is 4.88 Å². The highest BCUT2D eigenvalue weighted by Gasteiger charge is 2.30. The van der Waals surface area contributed by atoms with E-state index in [-0.39, 0.29) is 5.25 Å². The van der Waals surface area contributed by atoms with Crippen LogP contribution < -0.4 is 0 Å². The van der Waals surface area contributed by atoms with Gasteiger partial charge in [-0.3, -0.25) is 0 Å². The molecule has 2 aliphatic rings. The minimum atomic E-state index is -3.19. The van der Waals surface area contributed by atoms with Gasteiger partial charge >= 0.3 is 0 Å². The molecular formula is C24H28O2S2. The lowest BCUT2D eigenvalue weighted by Crippen LogP contribution is -2.23. The van der Waals surface area contributed by atoms with Crippen LogP contribution in [0.4, 0.5) is 0 Å². The highest BCUT2D eigenvalue weighted by molar-refractivity contribution is 7.94. The summed E-state index contributed by atoms with van der Waals surface area (Å²) in [4.78, 5) is 1.04. The average Bonchev–Trinajstić information content (AvgIpc) is 3.30. The molecule has 0 bridgehead atoms. The summed E-state index contributed by atoms with van der Waals surface area (Å²) >= 11 is 1.43. The van der Waals surface area contributed by atoms with E-state index in [1.807, 2.05) is 12.1 Å². The van der Waals surface area contributed by atoms with Crippen molar-refractivity contribution in [3.63, 3.8) is 0 Å². The smallest absolute Gasteiger partial charge is 0.190 e. The minimum Gasteiger partial charge on any atom is -0.223 e. The van der Waals surface area contributed by atoms with E-state index in [1.165, 1.54) is 34.5 Å². The van der Waals surface area contributed by atoms with E-state index in [4.69, 9.17) is 0 Å². The van der Waals surface area contributed by atoms with Crippen molar-refractivity contribution < 1.29 is 8.42 Å². The molecule has 0 amide bonds. The van der Waals surface area contributed by atoms with E-state index < -0.39 is 9.84 Å². The third-order valence-corrected chi connectivity index (χ3v) is 9.91. The number of allylic oxidation sites excluding steroid dienone is 4. The van der Waals surface area contributed by atoms with Crippen LogP contribution in [-0.2, 0) is 16.3 Å². The Morgan fingerprint density at radius 3 is 2.57 bits per heavy atom. The lowest BCUT2D eigenvalue weighted by molar-refractivity contribution is 0.484. The molecule has 2 aromatic rings. The zero-order valence-electron chi connectivity index (χ0n) is 16.6. The van der Waals surface area contributed by atoms with E-state index in [0.717, 1.165) is 42.5 Å². The molecule has 4 heteroatoms. The summed E-state index contributed by atoms with van der Waals surface area (Å²) in [5.41, 5.74) is 5.18. The quantitative estimate of drug-likeness (QED) is 0.555. The number of hydrogen-bond acceptors (Lipinski definition) is 3. The molecule has 0 N–H and O–H groups in total. The first-order chi connectivity index (χ1) is 13.4. The highest BCUT2D eigenvalue weighted by Crippen LogP contribution is 2.36. The second-order valence-corrected chi connectivity index (χ2v) is 11.8. The zero-order chi connectivity index (χ0) is 19.7. The Balaban J connectivity index is 1.55. The van der Waals surface area contributed by atoms with Crippen molar-refractivity contribution in [3.8, 4) is 10.4 Å². The summed E-state index contributed by atoms with van der Waals surface area (Å²) in [5, 5.41) is -0.189. The molecule has 0 spiro atoms. The Labute approximate surface area is 172 Å². The molecule has 1 atom stereocenters. The first-order valence-electron chi connectivity index (χ1n) is 10.3. The molecule has 0 radical (unpaired) electrons. The van der Waals surface area contributed by atoms with Crippen LogP contribution >= 0.6 is 11.3 Å². The van der Waals surface area contributed by atoms with Gasteiger partial charge in [0.2, 0.25) is 0 Å². The van der Waals surface area contributed by atoms with Gasteiger partial charge in [-0.15, -0.1) is 11.3 Å². The summed E-state index contributed by atoms with van der Waals surface area (Å²) in [6, 6.07) is 12.3. The van der Waals surface area contributed by atoms with Crippen LogP contribution in [0.5, 0.6) is 0 Å². The Kier molecular flexibility index (Phi) is 5.62. The monoisotopic (exact) mass is 412 g/mol. The second-order valence-electron chi connectivity index (χ2n) is 8.22. The van der Waals surface area contributed by atoms with Gasteiger partial charge in [-0.1, -0.05) is 73.7 Å². The summed E-state index contributed by atoms with van der Waals surface area (Å²) in [6.45, 7) is 4.40. The molecule has 4 rings (SSSR count). The molecule has 2 aliphatic carbocycles. The Hall–Kier alpha value is -1.65. The van der Waals surface area contributed by atoms with Crippen molar-refractivity contribution in [1.82, 2.24) is 0 Å². The minimum absolute atomic E-state index is 0.189. The fourth-order valence-electron chi connectivity index (χ4n) is 4.42. The summed E-state index contributed by atoms with van der Waals surface area (Å²) in [6.07, 6.45) is 10.4. The molecular weight excluding hydrogens is 384 g/mol. The second kappa shape index (κ2) is 8.00. The van der Waals surface area contributed by atoms with E-state index in [1.54, 1.807) is 0 Å². The van der Waals surface area contributed by atoms with Crippen molar-refractivity contribution >= 4 is 21.2 Å². The van der Waals surface area contributed by atoms with Crippen LogP contribution in [0, 0.1) is 5.92 Å². The van der Waals surface area contributed by atoms with Crippen LogP contribution in [0.15, 0.2) is 63.9 Å². The molecule has 1 aromatic carbocycles. The molecule has 0 saturated heterocycles. The summed E-state index contributed by atoms with van der Waals surface area (Å²) in [5.74, 6) is 0.498. The van der Waals surface area contributed by atoms with Gasteiger partial charge in [-0.25, -0.2) is 8.42 Å². The maximum absolute atomic E-state index is 13.0. The molecule has 28 heavy (non-hydrogen) atoms. The van der Waals surface area contributed by atoms with Crippen LogP contribution in [-0.4, -0.2) is 13.7 Å². The van der Waals surface area contributed by atoms with Crippen molar-refractivity contribution in [1.29, 1.82) is 0 Å². The van der Waals surface area contributed by atoms with Crippen LogP contribution in [0.3, 0.4) is 0 Å². The molecule has 2 nitrogen and oxygen atoms in total. The third kappa shape index (κ3) is 4.04. The van der Waals surface area contributed by atoms with Gasteiger partial charge < -0.3 is 0 Å². The standard InChI is InChI=1S/C24H28O2S2/c1-17-13-18(2)21(14-17)16-19-7-6-8-20(15-19)23-11-12-24(27-23)28(25,26)22-9-4-3-5-10-22/h6-8,11-15,18,22H,3-5,9-10,16H2,1-2H3. The van der Waals surface area contributed by atoms with Gasteiger partial charge in [-0.05, 0) is 55.4 Å². The number of rotatable bonds is 5. The first kappa shape index (κ1) is 19.7. The molecule has 1 aromatic heterocycles. The van der Waals surface area contributed by atoms with Crippen LogP contribution in [0.25, 0.3) is 10.4 Å². The van der Waals surface area contributed by atoms with Gasteiger partial charge in [0.1, 0.15) is 4.21 Å². The third-order valence-electron chi connectivity index (χ3n) is 5.98. The number of benzene rings is 1. The Morgan fingerprint density at radius 1 is 1.07 bits per heavy atom. The predicted molar refractivity (Wildman–Crippen MR) is 119 cm³/mol. The average molecular weight is 413 g/mol. The molecule has 148 valence electrons. The van der Waals surface area contributed by atoms with E-state index >= 15 is 0 Å². The molecule has 1 saturated carbocycles. The van der Waals surface area contributed by atoms with E-state index in [0.29, 0.717) is 10.1 Å². The summed E-state index contributed by atoms with van der Waals surface area (Å²) in [7, 11) is -3.19.